The molecule has 2 aliphatic heterocycles. The van der Waals surface area contributed by atoms with Crippen molar-refractivity contribution in [2.75, 3.05) is 29.9 Å². The van der Waals surface area contributed by atoms with E-state index in [-0.39, 0.29) is 18.4 Å². The van der Waals surface area contributed by atoms with E-state index in [9.17, 15) is 9.59 Å². The Morgan fingerprint density at radius 2 is 2.18 bits per heavy atom. The molecule has 1 aliphatic carbocycles. The molecule has 0 bridgehead atoms. The third-order valence-electron chi connectivity index (χ3n) is 7.31. The number of carbonyl (C=O) groups is 2. The van der Waals surface area contributed by atoms with Crippen molar-refractivity contribution in [3.8, 4) is 0 Å². The van der Waals surface area contributed by atoms with Crippen LogP contribution in [0.15, 0.2) is 30.5 Å². The van der Waals surface area contributed by atoms with Gasteiger partial charge in [0.25, 0.3) is 5.91 Å². The van der Waals surface area contributed by atoms with Gasteiger partial charge in [-0.1, -0.05) is 18.2 Å². The van der Waals surface area contributed by atoms with Gasteiger partial charge in [-0.25, -0.2) is 4.98 Å². The van der Waals surface area contributed by atoms with Gasteiger partial charge in [0.2, 0.25) is 5.91 Å². The van der Waals surface area contributed by atoms with Crippen LogP contribution < -0.4 is 15.5 Å². The summed E-state index contributed by atoms with van der Waals surface area (Å²) in [4.78, 5) is 31.6. The molecule has 1 saturated carbocycles. The molecule has 4 heterocycles. The molecule has 33 heavy (non-hydrogen) atoms. The Morgan fingerprint density at radius 1 is 1.30 bits per heavy atom. The maximum absolute atomic E-state index is 12.9. The Morgan fingerprint density at radius 3 is 3.03 bits per heavy atom. The standard InChI is InChI=1S/C26H29N5O2/c1-16-20(21-6-2-4-18-5-3-11-30(16)24(18)21)9-10-27-26(33)19-12-22-25(28-13-19)29-14-23(32)31(22)15-17-7-8-17/h2,4,6,12-13,17H,3,5,7-11,14-15H2,1H3,(H,27,33)(H,28,29). The van der Waals surface area contributed by atoms with Crippen molar-refractivity contribution in [2.45, 2.75) is 45.6 Å². The molecule has 6 rings (SSSR count). The molecule has 0 spiro atoms. The number of fused-ring (bicyclic) bond motifs is 1. The Hall–Kier alpha value is -3.35. The number of para-hydroxylation sites is 1. The molecule has 170 valence electrons. The van der Waals surface area contributed by atoms with Crippen molar-refractivity contribution < 1.29 is 9.59 Å². The largest absolute Gasteiger partial charge is 0.359 e. The minimum absolute atomic E-state index is 0.0392. The highest BCUT2D eigenvalue weighted by Gasteiger charge is 2.32. The number of aryl methyl sites for hydroxylation is 2. The number of hydrogen-bond donors (Lipinski definition) is 2. The Kier molecular flexibility index (Phi) is 4.85. The van der Waals surface area contributed by atoms with E-state index < -0.39 is 0 Å². The van der Waals surface area contributed by atoms with Gasteiger partial charge in [-0.15, -0.1) is 0 Å². The Balaban J connectivity index is 1.18. The molecule has 2 amide bonds. The van der Waals surface area contributed by atoms with Gasteiger partial charge in [0.15, 0.2) is 0 Å². The highest BCUT2D eigenvalue weighted by molar-refractivity contribution is 6.04. The molecule has 1 aromatic carbocycles. The quantitative estimate of drug-likeness (QED) is 0.612. The lowest BCUT2D eigenvalue weighted by atomic mass is 10.0. The Labute approximate surface area is 193 Å². The lowest BCUT2D eigenvalue weighted by molar-refractivity contribution is -0.117. The lowest BCUT2D eigenvalue weighted by Gasteiger charge is -2.29. The number of nitrogens with zero attached hydrogens (tertiary/aromatic N) is 3. The van der Waals surface area contributed by atoms with Gasteiger partial charge in [0, 0.05) is 36.9 Å². The van der Waals surface area contributed by atoms with Crippen molar-refractivity contribution in [2.24, 2.45) is 5.92 Å². The van der Waals surface area contributed by atoms with E-state index in [2.05, 4.69) is 45.3 Å². The molecule has 7 nitrogen and oxygen atoms in total. The van der Waals surface area contributed by atoms with Crippen molar-refractivity contribution in [1.82, 2.24) is 14.9 Å². The zero-order valence-electron chi connectivity index (χ0n) is 19.0. The summed E-state index contributed by atoms with van der Waals surface area (Å²) in [6, 6.07) is 8.39. The first-order valence-corrected chi connectivity index (χ1v) is 12.0. The van der Waals surface area contributed by atoms with Crippen LogP contribution in [0.25, 0.3) is 10.9 Å². The highest BCUT2D eigenvalue weighted by atomic mass is 16.2. The fourth-order valence-electron chi connectivity index (χ4n) is 5.37. The van der Waals surface area contributed by atoms with Crippen molar-refractivity contribution in [3.05, 3.63) is 52.8 Å². The number of anilines is 2. The maximum atomic E-state index is 12.9. The van der Waals surface area contributed by atoms with Gasteiger partial charge in [-0.3, -0.25) is 9.59 Å². The number of nitrogens with one attached hydrogen (secondary N) is 2. The molecule has 2 N–H and O–H groups in total. The topological polar surface area (TPSA) is 79.3 Å². The van der Waals surface area contributed by atoms with Gasteiger partial charge in [-0.2, -0.15) is 0 Å². The van der Waals surface area contributed by atoms with Crippen LogP contribution in [0.4, 0.5) is 11.5 Å². The zero-order chi connectivity index (χ0) is 22.5. The summed E-state index contributed by atoms with van der Waals surface area (Å²) in [7, 11) is 0. The molecule has 3 aliphatic rings. The van der Waals surface area contributed by atoms with Crippen LogP contribution in [0.1, 0.15) is 46.4 Å². The number of amides is 2. The minimum Gasteiger partial charge on any atom is -0.359 e. The molecule has 0 atom stereocenters. The summed E-state index contributed by atoms with van der Waals surface area (Å²) in [5.74, 6) is 1.13. The van der Waals surface area contributed by atoms with E-state index in [1.807, 2.05) is 0 Å². The summed E-state index contributed by atoms with van der Waals surface area (Å²) in [5, 5.41) is 7.46. The zero-order valence-corrected chi connectivity index (χ0v) is 19.0. The van der Waals surface area contributed by atoms with Crippen molar-refractivity contribution in [1.29, 1.82) is 0 Å². The number of hydrogen-bond acceptors (Lipinski definition) is 4. The molecule has 0 radical (unpaired) electrons. The summed E-state index contributed by atoms with van der Waals surface area (Å²) in [6.45, 7) is 4.79. The van der Waals surface area contributed by atoms with Crippen molar-refractivity contribution in [3.63, 3.8) is 0 Å². The van der Waals surface area contributed by atoms with E-state index in [1.54, 1.807) is 17.2 Å². The van der Waals surface area contributed by atoms with Crippen LogP contribution in [0.5, 0.6) is 0 Å². The number of carbonyl (C=O) groups excluding carboxylic acids is 2. The molecule has 3 aromatic rings. The molecule has 0 saturated heterocycles. The van der Waals surface area contributed by atoms with E-state index in [0.29, 0.717) is 30.4 Å². The van der Waals surface area contributed by atoms with Gasteiger partial charge in [-0.05, 0) is 62.1 Å². The van der Waals surface area contributed by atoms with E-state index in [0.717, 1.165) is 37.9 Å². The molecule has 0 unspecified atom stereocenters. The molecule has 7 heteroatoms. The molecule has 2 aromatic heterocycles. The molecule has 1 fully saturated rings. The first-order chi connectivity index (χ1) is 16.1. The number of aromatic nitrogens is 2. The summed E-state index contributed by atoms with van der Waals surface area (Å²) < 4.78 is 2.44. The SMILES string of the molecule is Cc1c(CCNC(=O)c2cnc3c(c2)N(CC2CC2)C(=O)CN3)c2cccc3c2n1CCC3. The Bertz CT molecular complexity index is 1270. The average molecular weight is 444 g/mol. The molecular weight excluding hydrogens is 414 g/mol. The number of pyridine rings is 1. The maximum Gasteiger partial charge on any atom is 0.252 e. The van der Waals surface area contributed by atoms with E-state index in [1.165, 1.54) is 34.1 Å². The van der Waals surface area contributed by atoms with Crippen LogP contribution in [0, 0.1) is 12.8 Å². The monoisotopic (exact) mass is 443 g/mol. The third kappa shape index (κ3) is 3.56. The highest BCUT2D eigenvalue weighted by Crippen LogP contribution is 2.35. The summed E-state index contributed by atoms with van der Waals surface area (Å²) in [6.07, 6.45) is 7.03. The fourth-order valence-corrected chi connectivity index (χ4v) is 5.37. The number of benzene rings is 1. The summed E-state index contributed by atoms with van der Waals surface area (Å²) >= 11 is 0. The average Bonchev–Trinajstić information content (AvgIpc) is 3.62. The first-order valence-electron chi connectivity index (χ1n) is 12.0. The molecular formula is C26H29N5O2. The first kappa shape index (κ1) is 20.3. The second-order valence-corrected chi connectivity index (χ2v) is 9.53. The van der Waals surface area contributed by atoms with E-state index >= 15 is 0 Å². The smallest absolute Gasteiger partial charge is 0.252 e. The van der Waals surface area contributed by atoms with Gasteiger partial charge >= 0.3 is 0 Å². The summed E-state index contributed by atoms with van der Waals surface area (Å²) in [5.41, 5.74) is 6.64. The van der Waals surface area contributed by atoms with Crippen LogP contribution in [-0.2, 0) is 24.2 Å². The van der Waals surface area contributed by atoms with Gasteiger partial charge in [0.05, 0.1) is 23.3 Å². The van der Waals surface area contributed by atoms with E-state index in [4.69, 9.17) is 0 Å². The predicted molar refractivity (Wildman–Crippen MR) is 129 cm³/mol. The second kappa shape index (κ2) is 7.90. The minimum atomic E-state index is -0.152. The lowest BCUT2D eigenvalue weighted by Crippen LogP contribution is -2.41. The van der Waals surface area contributed by atoms with Gasteiger partial charge in [0.1, 0.15) is 5.82 Å². The third-order valence-corrected chi connectivity index (χ3v) is 7.31. The van der Waals surface area contributed by atoms with Crippen LogP contribution >= 0.6 is 0 Å². The fraction of sp³-hybridized carbons (Fsp3) is 0.423. The van der Waals surface area contributed by atoms with Crippen molar-refractivity contribution >= 4 is 34.2 Å². The normalized spacial score (nSPS) is 17.1. The predicted octanol–water partition coefficient (Wildman–Crippen LogP) is 3.43. The van der Waals surface area contributed by atoms with Crippen LogP contribution in [0.2, 0.25) is 0 Å². The number of rotatable bonds is 6. The van der Waals surface area contributed by atoms with Gasteiger partial charge < -0.3 is 20.1 Å². The van der Waals surface area contributed by atoms with Crippen LogP contribution in [0.3, 0.4) is 0 Å². The van der Waals surface area contributed by atoms with Crippen LogP contribution in [-0.4, -0.2) is 41.0 Å². The second-order valence-electron chi connectivity index (χ2n) is 9.53.